The van der Waals surface area contributed by atoms with Gasteiger partial charge in [-0.05, 0) is 92.7 Å². The second kappa shape index (κ2) is 7.92. The van der Waals surface area contributed by atoms with Gasteiger partial charge in [-0.15, -0.1) is 0 Å². The average Bonchev–Trinajstić information content (AvgIpc) is 2.93. The summed E-state index contributed by atoms with van der Waals surface area (Å²) in [5.74, 6) is -1.24. The van der Waals surface area contributed by atoms with Gasteiger partial charge in [-0.25, -0.2) is 8.42 Å². The molecule has 154 valence electrons. The van der Waals surface area contributed by atoms with E-state index in [2.05, 4.69) is 13.0 Å². The van der Waals surface area contributed by atoms with Crippen molar-refractivity contribution in [3.63, 3.8) is 0 Å². The van der Waals surface area contributed by atoms with Gasteiger partial charge in [0.1, 0.15) is 0 Å². The van der Waals surface area contributed by atoms with Crippen molar-refractivity contribution in [2.75, 3.05) is 0 Å². The Morgan fingerprint density at radius 1 is 1.32 bits per heavy atom. The molecule has 0 radical (unpaired) electrons. The maximum atomic E-state index is 11.0. The van der Waals surface area contributed by atoms with Crippen LogP contribution in [0.2, 0.25) is 0 Å². The molecule has 3 fully saturated rings. The summed E-state index contributed by atoms with van der Waals surface area (Å²) in [6.45, 7) is 1.12. The van der Waals surface area contributed by atoms with Crippen LogP contribution in [0.15, 0.2) is 11.6 Å². The molecule has 0 saturated heterocycles. The molecule has 0 aliphatic heterocycles. The summed E-state index contributed by atoms with van der Waals surface area (Å²) >= 11 is 0. The summed E-state index contributed by atoms with van der Waals surface area (Å²) in [4.78, 5) is 0. The van der Waals surface area contributed by atoms with Gasteiger partial charge in [-0.1, -0.05) is 25.5 Å². The molecular formula is C21H33NaO5S. The predicted octanol–water partition coefficient (Wildman–Crippen LogP) is 0.796. The molecule has 5 nitrogen and oxygen atoms in total. The third kappa shape index (κ3) is 3.80. The first-order valence-corrected chi connectivity index (χ1v) is 11.4. The molecule has 28 heavy (non-hydrogen) atoms. The molecule has 3 saturated carbocycles. The van der Waals surface area contributed by atoms with Crippen LogP contribution in [-0.4, -0.2) is 30.3 Å². The number of hydrogen-bond acceptors (Lipinski definition) is 5. The molecule has 0 heterocycles. The van der Waals surface area contributed by atoms with E-state index in [1.165, 1.54) is 0 Å². The Hall–Kier alpha value is 0.570. The van der Waals surface area contributed by atoms with Crippen LogP contribution in [0, 0.1) is 34.5 Å². The molecule has 0 amide bonds. The number of hydrogen-bond donors (Lipinski definition) is 1. The van der Waals surface area contributed by atoms with E-state index in [4.69, 9.17) is 11.0 Å². The fraction of sp³-hybridized carbons (Fsp3) is 0.905. The van der Waals surface area contributed by atoms with Gasteiger partial charge in [-0.3, -0.25) is 4.18 Å². The topological polar surface area (TPSA) is 86.7 Å². The number of fused-ring (bicyclic) bond motifs is 5. The zero-order valence-corrected chi connectivity index (χ0v) is 19.8. The van der Waals surface area contributed by atoms with E-state index in [0.29, 0.717) is 38.0 Å². The van der Waals surface area contributed by atoms with E-state index in [0.717, 1.165) is 18.4 Å². The van der Waals surface area contributed by atoms with Gasteiger partial charge >= 0.3 is 29.6 Å². The second-order valence-corrected chi connectivity index (χ2v) is 10.5. The van der Waals surface area contributed by atoms with E-state index in [1.807, 2.05) is 6.92 Å². The maximum absolute atomic E-state index is 11.0. The fourth-order valence-corrected chi connectivity index (χ4v) is 7.58. The minimum absolute atomic E-state index is 0. The van der Waals surface area contributed by atoms with Crippen molar-refractivity contribution in [3.05, 3.63) is 11.6 Å². The van der Waals surface area contributed by atoms with Crippen LogP contribution in [-0.2, 0) is 14.6 Å². The molecule has 1 N–H and O–H groups in total. The average molecular weight is 426 g/mol. The van der Waals surface area contributed by atoms with Gasteiger partial charge in [0.15, 0.2) is 0 Å². The summed E-state index contributed by atoms with van der Waals surface area (Å²) in [7, 11) is -4.75. The van der Waals surface area contributed by atoms with Crippen LogP contribution in [0.3, 0.4) is 0 Å². The summed E-state index contributed by atoms with van der Waals surface area (Å²) in [5, 5.41) is 10.8. The van der Waals surface area contributed by atoms with Crippen molar-refractivity contribution in [1.29, 1.82) is 0 Å². The molecule has 4 aliphatic rings. The molecule has 0 bridgehead atoms. The molecule has 4 aliphatic carbocycles. The smallest absolute Gasteiger partial charge is 0.726 e. The van der Waals surface area contributed by atoms with Crippen LogP contribution in [0.25, 0.3) is 0 Å². The van der Waals surface area contributed by atoms with E-state index >= 15 is 0 Å². The normalized spacial score (nSPS) is 53.3. The Balaban J connectivity index is 0.00000306. The quantitative estimate of drug-likeness (QED) is 0.313. The van der Waals surface area contributed by atoms with Crippen molar-refractivity contribution < 1.29 is 58.7 Å². The van der Waals surface area contributed by atoms with Crippen LogP contribution in [0.5, 0.6) is 0 Å². The predicted molar refractivity (Wildman–Crippen MR) is 101 cm³/mol. The van der Waals surface area contributed by atoms with Crippen LogP contribution in [0.1, 0.15) is 78.9 Å². The van der Waals surface area contributed by atoms with Crippen molar-refractivity contribution in [2.45, 2.75) is 84.2 Å². The Bertz CT molecular complexity index is 924. The molecule has 0 aromatic carbocycles. The molecule has 0 spiro atoms. The Morgan fingerprint density at radius 2 is 2.07 bits per heavy atom. The van der Waals surface area contributed by atoms with Crippen LogP contribution < -0.4 is 29.6 Å². The standard InChI is InChI=1S/C21H34O5S.Na/c1-13(22)17-6-7-18-16-5-4-14-12-15(26-27(23,24)25)8-10-20(14,2)19(16)9-11-21(17,18)3;/h4,13,15-19,22H,5-12H2,1-3H3,(H,23,24,25);/q;+1/p-1/t13-,15+,16-,17+,18-,19-,20-,21+;/m0./s1/i1D3,13D,17D;. The summed E-state index contributed by atoms with van der Waals surface area (Å²) in [5.41, 5.74) is 0.181. The van der Waals surface area contributed by atoms with E-state index < -0.39 is 40.7 Å². The van der Waals surface area contributed by atoms with Gasteiger partial charge in [0.05, 0.1) is 13.6 Å². The summed E-state index contributed by atoms with van der Waals surface area (Å²) in [6.07, 6.45) is 3.10. The number of aliphatic hydroxyl groups is 1. The Kier molecular flexibility index (Phi) is 4.86. The first-order valence-electron chi connectivity index (χ1n) is 12.5. The maximum Gasteiger partial charge on any atom is 1.00 e. The van der Waals surface area contributed by atoms with Crippen molar-refractivity contribution in [3.8, 4) is 0 Å². The van der Waals surface area contributed by atoms with Gasteiger partial charge in [0.2, 0.25) is 10.4 Å². The van der Waals surface area contributed by atoms with Crippen molar-refractivity contribution in [2.24, 2.45) is 34.5 Å². The van der Waals surface area contributed by atoms with Crippen molar-refractivity contribution in [1.82, 2.24) is 0 Å². The first-order chi connectivity index (χ1) is 14.5. The minimum atomic E-state index is -4.75. The number of allylic oxidation sites excluding steroid dienone is 1. The van der Waals surface area contributed by atoms with Crippen LogP contribution >= 0.6 is 0 Å². The van der Waals surface area contributed by atoms with E-state index in [9.17, 15) is 18.1 Å². The van der Waals surface area contributed by atoms with Crippen molar-refractivity contribution >= 4 is 10.4 Å². The zero-order chi connectivity index (χ0) is 24.0. The second-order valence-electron chi connectivity index (χ2n) is 9.45. The monoisotopic (exact) mass is 425 g/mol. The largest absolute Gasteiger partial charge is 1.00 e. The third-order valence-electron chi connectivity index (χ3n) is 8.38. The molecule has 4 rings (SSSR count). The van der Waals surface area contributed by atoms with E-state index in [1.54, 1.807) is 0 Å². The van der Waals surface area contributed by atoms with Crippen LogP contribution in [0.4, 0.5) is 0 Å². The van der Waals surface area contributed by atoms with Gasteiger partial charge in [0.25, 0.3) is 0 Å². The first kappa shape index (κ1) is 17.2. The zero-order valence-electron chi connectivity index (χ0n) is 22.0. The fourth-order valence-electron chi connectivity index (χ4n) is 7.08. The van der Waals surface area contributed by atoms with Gasteiger partial charge in [0, 0.05) is 5.48 Å². The Morgan fingerprint density at radius 3 is 2.75 bits per heavy atom. The minimum Gasteiger partial charge on any atom is -0.726 e. The molecule has 8 atom stereocenters. The molecule has 0 unspecified atom stereocenters. The summed E-state index contributed by atoms with van der Waals surface area (Å²) in [6, 6.07) is 0. The molecule has 7 heteroatoms. The molecular weight excluding hydrogens is 387 g/mol. The Labute approximate surface area is 199 Å². The summed E-state index contributed by atoms with van der Waals surface area (Å²) < 4.78 is 78.5. The van der Waals surface area contributed by atoms with Gasteiger partial charge < -0.3 is 9.66 Å². The van der Waals surface area contributed by atoms with Gasteiger partial charge in [-0.2, -0.15) is 0 Å². The molecule has 0 aromatic heterocycles. The SMILES string of the molecule is [2H]C([2H])([2H])[C@]([2H])(O)[C@@]1([2H])CC[C@H]2[C@@H]3CC=C4C[C@H](OS(=O)(=O)[O-])CC[C@]4(C)[C@H]3CC[C@@]21C.[Na+]. The molecule has 0 aromatic rings. The number of rotatable bonds is 3. The van der Waals surface area contributed by atoms with E-state index in [-0.39, 0.29) is 53.2 Å². The third-order valence-corrected chi connectivity index (χ3v) is 8.89.